The van der Waals surface area contributed by atoms with E-state index in [4.69, 9.17) is 4.74 Å². The van der Waals surface area contributed by atoms with Crippen molar-refractivity contribution in [2.45, 2.75) is 38.1 Å². The van der Waals surface area contributed by atoms with Crippen LogP contribution in [0.2, 0.25) is 0 Å². The fourth-order valence-corrected chi connectivity index (χ4v) is 5.57. The summed E-state index contributed by atoms with van der Waals surface area (Å²) in [5.41, 5.74) is 2.05. The summed E-state index contributed by atoms with van der Waals surface area (Å²) in [6.07, 6.45) is 4.19. The number of amides is 2. The Bertz CT molecular complexity index is 1070. The lowest BCUT2D eigenvalue weighted by atomic mass is 9.93. The van der Waals surface area contributed by atoms with Crippen LogP contribution in [0.3, 0.4) is 0 Å². The van der Waals surface area contributed by atoms with Crippen molar-refractivity contribution in [2.24, 2.45) is 0 Å². The molecule has 31 heavy (non-hydrogen) atoms. The minimum atomic E-state index is -0.0527. The highest BCUT2D eigenvalue weighted by Gasteiger charge is 2.29. The monoisotopic (exact) mass is 436 g/mol. The average molecular weight is 437 g/mol. The Morgan fingerprint density at radius 1 is 1.13 bits per heavy atom. The van der Waals surface area contributed by atoms with Gasteiger partial charge in [0.15, 0.2) is 0 Å². The van der Waals surface area contributed by atoms with Crippen LogP contribution >= 0.6 is 11.3 Å². The number of ether oxygens (including phenoxy) is 1. The van der Waals surface area contributed by atoms with Crippen molar-refractivity contribution in [1.29, 1.82) is 0 Å². The molecule has 0 aliphatic carbocycles. The number of hydrogen-bond donors (Lipinski definition) is 1. The number of likely N-dealkylation sites (tertiary alicyclic amines) is 1. The van der Waals surface area contributed by atoms with E-state index >= 15 is 0 Å². The summed E-state index contributed by atoms with van der Waals surface area (Å²) in [7, 11) is 3.31. The van der Waals surface area contributed by atoms with E-state index in [2.05, 4.69) is 17.4 Å². The van der Waals surface area contributed by atoms with Crippen molar-refractivity contribution in [2.75, 3.05) is 20.7 Å². The summed E-state index contributed by atoms with van der Waals surface area (Å²) in [5.74, 6) is 0.886. The van der Waals surface area contributed by atoms with Gasteiger partial charge in [-0.1, -0.05) is 30.3 Å². The quantitative estimate of drug-likeness (QED) is 0.622. The van der Waals surface area contributed by atoms with Crippen LogP contribution in [0, 0.1) is 0 Å². The van der Waals surface area contributed by atoms with Crippen LogP contribution in [0.1, 0.15) is 40.1 Å². The van der Waals surface area contributed by atoms with Crippen molar-refractivity contribution < 1.29 is 14.3 Å². The summed E-state index contributed by atoms with van der Waals surface area (Å²) in [6, 6.07) is 16.0. The first-order valence-electron chi connectivity index (χ1n) is 10.8. The van der Waals surface area contributed by atoms with Gasteiger partial charge in [-0.2, -0.15) is 0 Å². The molecule has 1 aromatic heterocycles. The maximum atomic E-state index is 13.2. The highest BCUT2D eigenvalue weighted by Crippen LogP contribution is 2.34. The number of hydrogen-bond acceptors (Lipinski definition) is 4. The number of nitrogens with zero attached hydrogens (tertiary/aromatic N) is 1. The number of rotatable bonds is 6. The number of methoxy groups -OCH3 is 1. The molecular formula is C25H28N2O3S. The van der Waals surface area contributed by atoms with Crippen LogP contribution in [-0.4, -0.2) is 43.5 Å². The maximum absolute atomic E-state index is 13.2. The molecular weight excluding hydrogens is 408 g/mol. The molecule has 2 amide bonds. The number of carbonyl (C=O) groups excluding carboxylic acids is 2. The van der Waals surface area contributed by atoms with Crippen LogP contribution in [0.25, 0.3) is 10.1 Å². The Morgan fingerprint density at radius 3 is 2.65 bits per heavy atom. The molecule has 0 spiro atoms. The first kappa shape index (κ1) is 21.4. The second kappa shape index (κ2) is 9.52. The summed E-state index contributed by atoms with van der Waals surface area (Å²) in [5, 5.41) is 3.90. The topological polar surface area (TPSA) is 58.6 Å². The predicted molar refractivity (Wildman–Crippen MR) is 125 cm³/mol. The Kier molecular flexibility index (Phi) is 6.56. The molecule has 1 fully saturated rings. The number of fused-ring (bicyclic) bond motifs is 1. The lowest BCUT2D eigenvalue weighted by Crippen LogP contribution is -2.45. The van der Waals surface area contributed by atoms with Gasteiger partial charge < -0.3 is 15.0 Å². The van der Waals surface area contributed by atoms with Gasteiger partial charge in [-0.05, 0) is 60.4 Å². The van der Waals surface area contributed by atoms with E-state index in [-0.39, 0.29) is 17.9 Å². The van der Waals surface area contributed by atoms with Gasteiger partial charge in [0.25, 0.3) is 5.91 Å². The van der Waals surface area contributed by atoms with E-state index in [1.54, 1.807) is 14.2 Å². The van der Waals surface area contributed by atoms with Crippen LogP contribution < -0.4 is 10.1 Å². The molecule has 3 aromatic rings. The zero-order valence-corrected chi connectivity index (χ0v) is 18.8. The van der Waals surface area contributed by atoms with Gasteiger partial charge in [-0.15, -0.1) is 11.3 Å². The van der Waals surface area contributed by atoms with Crippen molar-refractivity contribution in [1.82, 2.24) is 10.2 Å². The SMILES string of the molecule is CNC(=O)c1sc2ccccc2c1C[C@H]1CCCCN1C(=O)Cc1ccc(OC)cc1. The molecule has 0 unspecified atom stereocenters. The van der Waals surface area contributed by atoms with Crippen molar-refractivity contribution in [3.8, 4) is 5.75 Å². The molecule has 5 nitrogen and oxygen atoms in total. The number of benzene rings is 2. The van der Waals surface area contributed by atoms with Gasteiger partial charge in [0, 0.05) is 24.3 Å². The zero-order chi connectivity index (χ0) is 21.8. The Hall–Kier alpha value is -2.86. The highest BCUT2D eigenvalue weighted by atomic mass is 32.1. The zero-order valence-electron chi connectivity index (χ0n) is 18.0. The fourth-order valence-electron chi connectivity index (χ4n) is 4.39. The van der Waals surface area contributed by atoms with Gasteiger partial charge >= 0.3 is 0 Å². The van der Waals surface area contributed by atoms with Crippen LogP contribution in [0.5, 0.6) is 5.75 Å². The number of carbonyl (C=O) groups is 2. The van der Waals surface area contributed by atoms with E-state index < -0.39 is 0 Å². The van der Waals surface area contributed by atoms with E-state index in [1.165, 1.54) is 11.3 Å². The van der Waals surface area contributed by atoms with E-state index in [0.29, 0.717) is 12.8 Å². The van der Waals surface area contributed by atoms with Gasteiger partial charge in [-0.3, -0.25) is 9.59 Å². The van der Waals surface area contributed by atoms with Crippen molar-refractivity contribution in [3.05, 3.63) is 64.5 Å². The largest absolute Gasteiger partial charge is 0.497 e. The molecule has 0 bridgehead atoms. The summed E-state index contributed by atoms with van der Waals surface area (Å²) < 4.78 is 6.33. The van der Waals surface area contributed by atoms with Crippen LogP contribution in [0.15, 0.2) is 48.5 Å². The van der Waals surface area contributed by atoms with Gasteiger partial charge in [0.2, 0.25) is 5.91 Å². The smallest absolute Gasteiger partial charge is 0.261 e. The standard InChI is InChI=1S/C25H28N2O3S/c1-26-25(29)24-21(20-8-3-4-9-22(20)31-24)16-18-7-5-6-14-27(18)23(28)15-17-10-12-19(30-2)13-11-17/h3-4,8-13,18H,5-7,14-16H2,1-2H3,(H,26,29)/t18-/m1/s1. The van der Waals surface area contributed by atoms with Gasteiger partial charge in [0.1, 0.15) is 5.75 Å². The molecule has 1 atom stereocenters. The third-order valence-corrected chi connectivity index (χ3v) is 7.25. The average Bonchev–Trinajstić information content (AvgIpc) is 3.18. The first-order valence-corrected chi connectivity index (χ1v) is 11.6. The molecule has 162 valence electrons. The molecule has 0 radical (unpaired) electrons. The molecule has 1 N–H and O–H groups in total. The predicted octanol–water partition coefficient (Wildman–Crippen LogP) is 4.44. The third kappa shape index (κ3) is 4.59. The van der Waals surface area contributed by atoms with Crippen LogP contribution in [-0.2, 0) is 17.6 Å². The molecule has 1 aliphatic heterocycles. The molecule has 2 aromatic carbocycles. The normalized spacial score (nSPS) is 16.3. The maximum Gasteiger partial charge on any atom is 0.261 e. The number of nitrogens with one attached hydrogen (secondary N) is 1. The molecule has 0 saturated carbocycles. The van der Waals surface area contributed by atoms with E-state index in [1.807, 2.05) is 41.3 Å². The van der Waals surface area contributed by atoms with Crippen molar-refractivity contribution >= 4 is 33.2 Å². The first-order chi connectivity index (χ1) is 15.1. The molecule has 6 heteroatoms. The summed E-state index contributed by atoms with van der Waals surface area (Å²) >= 11 is 1.53. The minimum absolute atomic E-state index is 0.0527. The van der Waals surface area contributed by atoms with Gasteiger partial charge in [-0.25, -0.2) is 0 Å². The Morgan fingerprint density at radius 2 is 1.90 bits per heavy atom. The lowest BCUT2D eigenvalue weighted by Gasteiger charge is -2.36. The molecule has 1 aliphatic rings. The van der Waals surface area contributed by atoms with Gasteiger partial charge in [0.05, 0.1) is 18.4 Å². The number of thiophene rings is 1. The lowest BCUT2D eigenvalue weighted by molar-refractivity contribution is -0.134. The molecule has 2 heterocycles. The Balaban J connectivity index is 1.58. The highest BCUT2D eigenvalue weighted by molar-refractivity contribution is 7.21. The fraction of sp³-hybridized carbons (Fsp3) is 0.360. The van der Waals surface area contributed by atoms with E-state index in [0.717, 1.165) is 57.6 Å². The number of piperidine rings is 1. The Labute approximate surface area is 187 Å². The summed E-state index contributed by atoms with van der Waals surface area (Å²) in [4.78, 5) is 28.6. The second-order valence-electron chi connectivity index (χ2n) is 7.95. The molecule has 1 saturated heterocycles. The minimum Gasteiger partial charge on any atom is -0.497 e. The summed E-state index contributed by atoms with van der Waals surface area (Å²) in [6.45, 7) is 0.775. The van der Waals surface area contributed by atoms with E-state index in [9.17, 15) is 9.59 Å². The van der Waals surface area contributed by atoms with Crippen molar-refractivity contribution in [3.63, 3.8) is 0 Å². The second-order valence-corrected chi connectivity index (χ2v) is 9.00. The molecule has 4 rings (SSSR count). The third-order valence-electron chi connectivity index (χ3n) is 6.03. The van der Waals surface area contributed by atoms with Crippen LogP contribution in [0.4, 0.5) is 0 Å².